The summed E-state index contributed by atoms with van der Waals surface area (Å²) in [4.78, 5) is 23.1. The fourth-order valence-electron chi connectivity index (χ4n) is 2.10. The first-order valence-electron chi connectivity index (χ1n) is 6.61. The number of hydrogen-bond acceptors (Lipinski definition) is 3. The normalized spacial score (nSPS) is 11.9. The second-order valence-electron chi connectivity index (χ2n) is 4.95. The molecule has 0 saturated carbocycles. The van der Waals surface area contributed by atoms with E-state index in [0.717, 1.165) is 11.1 Å². The van der Waals surface area contributed by atoms with Crippen molar-refractivity contribution in [1.29, 1.82) is 0 Å². The number of benzene rings is 1. The molecule has 21 heavy (non-hydrogen) atoms. The number of hydrogen-bond donors (Lipinski definition) is 2. The fourth-order valence-corrected chi connectivity index (χ4v) is 2.10. The van der Waals surface area contributed by atoms with Crippen molar-refractivity contribution >= 4 is 11.9 Å². The van der Waals surface area contributed by atoms with Crippen molar-refractivity contribution in [1.82, 2.24) is 5.32 Å². The molecule has 0 aliphatic rings. The molecule has 1 unspecified atom stereocenters. The van der Waals surface area contributed by atoms with Crippen LogP contribution in [-0.2, 0) is 4.79 Å². The van der Waals surface area contributed by atoms with Gasteiger partial charge in [-0.05, 0) is 31.5 Å². The van der Waals surface area contributed by atoms with Crippen molar-refractivity contribution < 1.29 is 19.1 Å². The highest BCUT2D eigenvalue weighted by molar-refractivity contribution is 5.92. The topological polar surface area (TPSA) is 79.5 Å². The van der Waals surface area contributed by atoms with Gasteiger partial charge in [0, 0.05) is 0 Å². The minimum atomic E-state index is -0.975. The minimum absolute atomic E-state index is 0.176. The van der Waals surface area contributed by atoms with Gasteiger partial charge in [0.25, 0.3) is 5.91 Å². The van der Waals surface area contributed by atoms with Crippen molar-refractivity contribution in [2.24, 2.45) is 0 Å². The van der Waals surface area contributed by atoms with Gasteiger partial charge in [-0.1, -0.05) is 29.8 Å². The lowest BCUT2D eigenvalue weighted by Gasteiger charge is -2.17. The summed E-state index contributed by atoms with van der Waals surface area (Å²) in [5, 5.41) is 11.7. The number of carboxylic acids is 1. The lowest BCUT2D eigenvalue weighted by atomic mass is 10.0. The highest BCUT2D eigenvalue weighted by Crippen LogP contribution is 2.19. The zero-order valence-electron chi connectivity index (χ0n) is 11.9. The highest BCUT2D eigenvalue weighted by atomic mass is 16.4. The van der Waals surface area contributed by atoms with Gasteiger partial charge < -0.3 is 14.8 Å². The monoisotopic (exact) mass is 287 g/mol. The van der Waals surface area contributed by atoms with Crippen LogP contribution in [0.5, 0.6) is 0 Å². The molecule has 0 bridgehead atoms. The van der Waals surface area contributed by atoms with Gasteiger partial charge in [0.1, 0.15) is 5.76 Å². The van der Waals surface area contributed by atoms with Crippen LogP contribution in [-0.4, -0.2) is 17.0 Å². The van der Waals surface area contributed by atoms with E-state index in [1.807, 2.05) is 25.1 Å². The third-order valence-corrected chi connectivity index (χ3v) is 3.09. The van der Waals surface area contributed by atoms with Gasteiger partial charge in [-0.15, -0.1) is 0 Å². The lowest BCUT2D eigenvalue weighted by molar-refractivity contribution is -0.137. The number of carbonyl (C=O) groups excluding carboxylic acids is 1. The Hall–Kier alpha value is -2.56. The molecule has 2 aromatic rings. The molecule has 0 saturated heterocycles. The number of amides is 1. The van der Waals surface area contributed by atoms with Gasteiger partial charge in [-0.2, -0.15) is 0 Å². The molecule has 5 nitrogen and oxygen atoms in total. The van der Waals surface area contributed by atoms with E-state index < -0.39 is 17.9 Å². The first-order chi connectivity index (χ1) is 9.95. The predicted octanol–water partition coefficient (Wildman–Crippen LogP) is 2.84. The van der Waals surface area contributed by atoms with E-state index in [9.17, 15) is 9.59 Å². The quantitative estimate of drug-likeness (QED) is 0.886. The number of nitrogens with one attached hydrogen (secondary N) is 1. The average Bonchev–Trinajstić information content (AvgIpc) is 2.84. The summed E-state index contributed by atoms with van der Waals surface area (Å²) >= 11 is 0. The standard InChI is InChI=1S/C16H17NO4/c1-10-4-3-5-12(8-10)13(9-15(18)19)17-16(20)14-7-6-11(2)21-14/h3-8,13H,9H2,1-2H3,(H,17,20)(H,18,19). The summed E-state index contributed by atoms with van der Waals surface area (Å²) in [6, 6.07) is 10.1. The number of aryl methyl sites for hydroxylation is 2. The second-order valence-corrected chi connectivity index (χ2v) is 4.95. The van der Waals surface area contributed by atoms with Gasteiger partial charge in [-0.3, -0.25) is 9.59 Å². The van der Waals surface area contributed by atoms with Gasteiger partial charge in [0.05, 0.1) is 12.5 Å². The van der Waals surface area contributed by atoms with Crippen LogP contribution in [0.4, 0.5) is 0 Å². The Kier molecular flexibility index (Phi) is 4.42. The summed E-state index contributed by atoms with van der Waals surface area (Å²) in [6.07, 6.45) is -0.186. The van der Waals surface area contributed by atoms with Crippen LogP contribution in [0.15, 0.2) is 40.8 Å². The third kappa shape index (κ3) is 3.95. The smallest absolute Gasteiger partial charge is 0.305 e. The highest BCUT2D eigenvalue weighted by Gasteiger charge is 2.20. The van der Waals surface area contributed by atoms with E-state index in [2.05, 4.69) is 5.32 Å². The van der Waals surface area contributed by atoms with Crippen molar-refractivity contribution in [2.45, 2.75) is 26.3 Å². The maximum absolute atomic E-state index is 12.1. The summed E-state index contributed by atoms with van der Waals surface area (Å²) in [5.74, 6) is -0.589. The van der Waals surface area contributed by atoms with E-state index >= 15 is 0 Å². The van der Waals surface area contributed by atoms with Crippen LogP contribution < -0.4 is 5.32 Å². The maximum Gasteiger partial charge on any atom is 0.305 e. The van der Waals surface area contributed by atoms with E-state index in [4.69, 9.17) is 9.52 Å². The van der Waals surface area contributed by atoms with Crippen molar-refractivity contribution in [2.75, 3.05) is 0 Å². The third-order valence-electron chi connectivity index (χ3n) is 3.09. The Labute approximate surface area is 122 Å². The molecule has 1 aromatic heterocycles. The lowest BCUT2D eigenvalue weighted by Crippen LogP contribution is -2.30. The zero-order chi connectivity index (χ0) is 15.4. The Balaban J connectivity index is 2.20. The maximum atomic E-state index is 12.1. The van der Waals surface area contributed by atoms with Crippen LogP contribution in [0.2, 0.25) is 0 Å². The molecule has 1 amide bonds. The van der Waals surface area contributed by atoms with Crippen molar-refractivity contribution in [3.63, 3.8) is 0 Å². The van der Waals surface area contributed by atoms with E-state index in [-0.39, 0.29) is 12.2 Å². The number of rotatable bonds is 5. The average molecular weight is 287 g/mol. The fraction of sp³-hybridized carbons (Fsp3) is 0.250. The first-order valence-corrected chi connectivity index (χ1v) is 6.61. The van der Waals surface area contributed by atoms with Crippen LogP contribution >= 0.6 is 0 Å². The number of furan rings is 1. The molecule has 2 N–H and O–H groups in total. The minimum Gasteiger partial charge on any atom is -0.481 e. The number of aliphatic carboxylic acids is 1. The Bertz CT molecular complexity index is 660. The molecular weight excluding hydrogens is 270 g/mol. The van der Waals surface area contributed by atoms with E-state index in [0.29, 0.717) is 5.76 Å². The SMILES string of the molecule is Cc1cccc(C(CC(=O)O)NC(=O)c2ccc(C)o2)c1. The second kappa shape index (κ2) is 6.26. The van der Waals surface area contributed by atoms with Gasteiger partial charge in [0.2, 0.25) is 0 Å². The van der Waals surface area contributed by atoms with Gasteiger partial charge in [0.15, 0.2) is 5.76 Å². The summed E-state index contributed by atoms with van der Waals surface area (Å²) in [7, 11) is 0. The largest absolute Gasteiger partial charge is 0.481 e. The molecule has 1 atom stereocenters. The number of carbonyl (C=O) groups is 2. The van der Waals surface area contributed by atoms with Crippen molar-refractivity contribution in [3.8, 4) is 0 Å². The molecule has 110 valence electrons. The molecule has 0 radical (unpaired) electrons. The van der Waals surface area contributed by atoms with Gasteiger partial charge in [-0.25, -0.2) is 0 Å². The van der Waals surface area contributed by atoms with Crippen molar-refractivity contribution in [3.05, 3.63) is 59.0 Å². The molecule has 0 aliphatic heterocycles. The van der Waals surface area contributed by atoms with Crippen LogP contribution in [0.25, 0.3) is 0 Å². The van der Waals surface area contributed by atoms with Crippen LogP contribution in [0, 0.1) is 13.8 Å². The molecule has 1 aromatic carbocycles. The van der Waals surface area contributed by atoms with E-state index in [1.54, 1.807) is 25.1 Å². The molecule has 0 spiro atoms. The molecule has 5 heteroatoms. The molecular formula is C16H17NO4. The Morgan fingerprint density at radius 3 is 2.57 bits per heavy atom. The molecule has 2 rings (SSSR count). The number of carboxylic acid groups (broad SMARTS) is 1. The Morgan fingerprint density at radius 2 is 2.00 bits per heavy atom. The molecule has 0 fully saturated rings. The van der Waals surface area contributed by atoms with Crippen LogP contribution in [0.3, 0.4) is 0 Å². The summed E-state index contributed by atoms with van der Waals surface area (Å²) in [6.45, 7) is 3.66. The van der Waals surface area contributed by atoms with Crippen LogP contribution in [0.1, 0.15) is 39.9 Å². The molecule has 1 heterocycles. The zero-order valence-corrected chi connectivity index (χ0v) is 11.9. The first kappa shape index (κ1) is 14.8. The van der Waals surface area contributed by atoms with Gasteiger partial charge >= 0.3 is 5.97 Å². The summed E-state index contributed by atoms with van der Waals surface area (Å²) in [5.41, 5.74) is 1.76. The Morgan fingerprint density at radius 1 is 1.24 bits per heavy atom. The molecule has 0 aliphatic carbocycles. The predicted molar refractivity (Wildman–Crippen MR) is 77.1 cm³/mol. The summed E-state index contributed by atoms with van der Waals surface area (Å²) < 4.78 is 5.25. The van der Waals surface area contributed by atoms with E-state index in [1.165, 1.54) is 0 Å².